The standard InChI is InChI=1S/C25H32Br2N2O3/c1-16(2)28-24(31)17(3)29(14-18-7-10-20(26)11-8-18)23(30)15-32-22-12-9-19(13-21(22)27)25(4,5)6/h7-13,16-17H,14-15H2,1-6H3,(H,28,31)/t17-/m0/s1. The second kappa shape index (κ2) is 11.3. The predicted molar refractivity (Wildman–Crippen MR) is 136 cm³/mol. The van der Waals surface area contributed by atoms with Gasteiger partial charge in [0.1, 0.15) is 11.8 Å². The van der Waals surface area contributed by atoms with Gasteiger partial charge < -0.3 is 15.0 Å². The Bertz CT molecular complexity index is 937. The molecule has 2 aromatic rings. The highest BCUT2D eigenvalue weighted by molar-refractivity contribution is 9.10. The Morgan fingerprint density at radius 3 is 2.19 bits per heavy atom. The number of benzene rings is 2. The summed E-state index contributed by atoms with van der Waals surface area (Å²) >= 11 is 6.97. The molecule has 0 aliphatic heterocycles. The molecule has 0 fully saturated rings. The van der Waals surface area contributed by atoms with E-state index in [1.54, 1.807) is 11.8 Å². The van der Waals surface area contributed by atoms with E-state index in [-0.39, 0.29) is 29.9 Å². The molecule has 2 aromatic carbocycles. The van der Waals surface area contributed by atoms with Crippen LogP contribution in [0.4, 0.5) is 0 Å². The van der Waals surface area contributed by atoms with Crippen molar-refractivity contribution in [3.63, 3.8) is 0 Å². The number of halogens is 2. The minimum Gasteiger partial charge on any atom is -0.483 e. The van der Waals surface area contributed by atoms with E-state index in [1.165, 1.54) is 5.56 Å². The first-order valence-electron chi connectivity index (χ1n) is 10.7. The lowest BCUT2D eigenvalue weighted by atomic mass is 9.87. The minimum atomic E-state index is -0.635. The van der Waals surface area contributed by atoms with Crippen molar-refractivity contribution < 1.29 is 14.3 Å². The first kappa shape index (κ1) is 26.4. The van der Waals surface area contributed by atoms with Gasteiger partial charge in [0.2, 0.25) is 5.91 Å². The van der Waals surface area contributed by atoms with Crippen molar-refractivity contribution >= 4 is 43.7 Å². The fourth-order valence-electron chi connectivity index (χ4n) is 3.08. The monoisotopic (exact) mass is 566 g/mol. The van der Waals surface area contributed by atoms with E-state index in [1.807, 2.05) is 56.3 Å². The van der Waals surface area contributed by atoms with Crippen LogP contribution in [-0.4, -0.2) is 35.4 Å². The molecule has 2 rings (SSSR count). The highest BCUT2D eigenvalue weighted by Gasteiger charge is 2.27. The van der Waals surface area contributed by atoms with E-state index in [9.17, 15) is 9.59 Å². The van der Waals surface area contributed by atoms with Gasteiger partial charge in [0.05, 0.1) is 4.47 Å². The van der Waals surface area contributed by atoms with Crippen LogP contribution in [0, 0.1) is 0 Å². The first-order valence-corrected chi connectivity index (χ1v) is 12.2. The number of rotatable bonds is 8. The van der Waals surface area contributed by atoms with E-state index in [2.05, 4.69) is 57.9 Å². The van der Waals surface area contributed by atoms with Crippen LogP contribution >= 0.6 is 31.9 Å². The average Bonchev–Trinajstić information content (AvgIpc) is 2.70. The molecule has 0 spiro atoms. The molecular weight excluding hydrogens is 536 g/mol. The minimum absolute atomic E-state index is 0.0110. The van der Waals surface area contributed by atoms with Gasteiger partial charge in [-0.25, -0.2) is 0 Å². The van der Waals surface area contributed by atoms with Crippen LogP contribution in [0.15, 0.2) is 51.4 Å². The molecule has 0 unspecified atom stereocenters. The maximum Gasteiger partial charge on any atom is 0.261 e. The summed E-state index contributed by atoms with van der Waals surface area (Å²) < 4.78 is 7.59. The summed E-state index contributed by atoms with van der Waals surface area (Å²) in [6, 6.07) is 12.9. The third-order valence-electron chi connectivity index (χ3n) is 5.01. The lowest BCUT2D eigenvalue weighted by Crippen LogP contribution is -2.50. The summed E-state index contributed by atoms with van der Waals surface area (Å²) in [5.41, 5.74) is 2.11. The summed E-state index contributed by atoms with van der Waals surface area (Å²) in [6.45, 7) is 12.1. The van der Waals surface area contributed by atoms with Crippen LogP contribution in [0.2, 0.25) is 0 Å². The average molecular weight is 568 g/mol. The quantitative estimate of drug-likeness (QED) is 0.436. The predicted octanol–water partition coefficient (Wildman–Crippen LogP) is 5.83. The number of nitrogens with one attached hydrogen (secondary N) is 1. The van der Waals surface area contributed by atoms with Crippen molar-refractivity contribution in [1.82, 2.24) is 10.2 Å². The summed E-state index contributed by atoms with van der Waals surface area (Å²) in [5.74, 6) is 0.140. The van der Waals surface area contributed by atoms with Crippen molar-refractivity contribution in [2.24, 2.45) is 0 Å². The Hall–Kier alpha value is -1.86. The van der Waals surface area contributed by atoms with E-state index in [0.29, 0.717) is 12.3 Å². The Labute approximate surface area is 208 Å². The van der Waals surface area contributed by atoms with Crippen molar-refractivity contribution in [2.45, 2.75) is 65.6 Å². The Balaban J connectivity index is 2.18. The molecule has 0 aliphatic carbocycles. The number of carbonyl (C=O) groups excluding carboxylic acids is 2. The molecule has 1 atom stereocenters. The van der Waals surface area contributed by atoms with Gasteiger partial charge in [-0.15, -0.1) is 0 Å². The van der Waals surface area contributed by atoms with Crippen LogP contribution in [0.5, 0.6) is 5.75 Å². The zero-order valence-corrected chi connectivity index (χ0v) is 22.7. The molecule has 0 saturated carbocycles. The number of amides is 2. The fraction of sp³-hybridized carbons (Fsp3) is 0.440. The van der Waals surface area contributed by atoms with Gasteiger partial charge >= 0.3 is 0 Å². The molecule has 5 nitrogen and oxygen atoms in total. The molecule has 0 aromatic heterocycles. The topological polar surface area (TPSA) is 58.6 Å². The summed E-state index contributed by atoms with van der Waals surface area (Å²) in [4.78, 5) is 27.4. The SMILES string of the molecule is CC(C)NC(=O)[C@H](C)N(Cc1ccc(Br)cc1)C(=O)COc1ccc(C(C)(C)C)cc1Br. The molecule has 7 heteroatoms. The number of ether oxygens (including phenoxy) is 1. The Kier molecular flexibility index (Phi) is 9.34. The van der Waals surface area contributed by atoms with Crippen molar-refractivity contribution in [3.8, 4) is 5.75 Å². The van der Waals surface area contributed by atoms with Crippen LogP contribution in [0.3, 0.4) is 0 Å². The lowest BCUT2D eigenvalue weighted by molar-refractivity contribution is -0.142. The molecule has 0 radical (unpaired) electrons. The molecule has 32 heavy (non-hydrogen) atoms. The summed E-state index contributed by atoms with van der Waals surface area (Å²) in [6.07, 6.45) is 0. The highest BCUT2D eigenvalue weighted by atomic mass is 79.9. The van der Waals surface area contributed by atoms with Gasteiger partial charge in [-0.3, -0.25) is 9.59 Å². The third-order valence-corrected chi connectivity index (χ3v) is 6.16. The first-order chi connectivity index (χ1) is 14.9. The molecule has 174 valence electrons. The molecular formula is C25H32Br2N2O3. The second-order valence-electron chi connectivity index (χ2n) is 9.17. The molecule has 0 bridgehead atoms. The van der Waals surface area contributed by atoms with Crippen molar-refractivity contribution in [3.05, 3.63) is 62.5 Å². The van der Waals surface area contributed by atoms with Crippen LogP contribution < -0.4 is 10.1 Å². The van der Waals surface area contributed by atoms with Crippen LogP contribution in [0.25, 0.3) is 0 Å². The van der Waals surface area contributed by atoms with Gasteiger partial charge in [0, 0.05) is 17.1 Å². The normalized spacial score (nSPS) is 12.4. The van der Waals surface area contributed by atoms with Gasteiger partial charge in [0.15, 0.2) is 6.61 Å². The van der Waals surface area contributed by atoms with Crippen molar-refractivity contribution in [1.29, 1.82) is 0 Å². The molecule has 0 aliphatic rings. The molecule has 0 heterocycles. The summed E-state index contributed by atoms with van der Waals surface area (Å²) in [5, 5.41) is 2.89. The van der Waals surface area contributed by atoms with Crippen LogP contribution in [0.1, 0.15) is 52.7 Å². The van der Waals surface area contributed by atoms with E-state index >= 15 is 0 Å². The third kappa shape index (κ3) is 7.62. The zero-order valence-electron chi connectivity index (χ0n) is 19.5. The van der Waals surface area contributed by atoms with Gasteiger partial charge in [-0.1, -0.05) is 54.9 Å². The Morgan fingerprint density at radius 2 is 1.66 bits per heavy atom. The second-order valence-corrected chi connectivity index (χ2v) is 10.9. The molecule has 2 amide bonds. The number of hydrogen-bond acceptors (Lipinski definition) is 3. The largest absolute Gasteiger partial charge is 0.483 e. The summed E-state index contributed by atoms with van der Waals surface area (Å²) in [7, 11) is 0. The smallest absolute Gasteiger partial charge is 0.261 e. The van der Waals surface area contributed by atoms with Gasteiger partial charge in [0.25, 0.3) is 5.91 Å². The maximum absolute atomic E-state index is 13.2. The number of carbonyl (C=O) groups is 2. The van der Waals surface area contributed by atoms with Gasteiger partial charge in [-0.05, 0) is 77.5 Å². The van der Waals surface area contributed by atoms with E-state index in [4.69, 9.17) is 4.74 Å². The number of nitrogens with zero attached hydrogens (tertiary/aromatic N) is 1. The fourth-order valence-corrected chi connectivity index (χ4v) is 3.84. The van der Waals surface area contributed by atoms with E-state index < -0.39 is 6.04 Å². The highest BCUT2D eigenvalue weighted by Crippen LogP contribution is 2.31. The van der Waals surface area contributed by atoms with Gasteiger partial charge in [-0.2, -0.15) is 0 Å². The number of hydrogen-bond donors (Lipinski definition) is 1. The van der Waals surface area contributed by atoms with Crippen molar-refractivity contribution in [2.75, 3.05) is 6.61 Å². The van der Waals surface area contributed by atoms with Crippen LogP contribution in [-0.2, 0) is 21.5 Å². The molecule has 0 saturated heterocycles. The lowest BCUT2D eigenvalue weighted by Gasteiger charge is -2.29. The molecule has 1 N–H and O–H groups in total. The van der Waals surface area contributed by atoms with E-state index in [0.717, 1.165) is 14.5 Å². The maximum atomic E-state index is 13.2. The Morgan fingerprint density at radius 1 is 1.03 bits per heavy atom. The zero-order chi connectivity index (χ0) is 24.1.